The van der Waals surface area contributed by atoms with Gasteiger partial charge in [-0.25, -0.2) is 4.79 Å². The molecule has 0 unspecified atom stereocenters. The SMILES string of the molecule is CCCC(=O)N1c2ccc(C(=O)O)cc2[C@@H](Oc2ccc(N)cc2)C[C@@H]1C. The lowest BCUT2D eigenvalue weighted by Gasteiger charge is -2.39. The lowest BCUT2D eigenvalue weighted by molar-refractivity contribution is -0.119. The van der Waals surface area contributed by atoms with E-state index >= 15 is 0 Å². The molecule has 1 aliphatic heterocycles. The monoisotopic (exact) mass is 368 g/mol. The summed E-state index contributed by atoms with van der Waals surface area (Å²) in [4.78, 5) is 25.9. The molecule has 0 fully saturated rings. The number of amides is 1. The average Bonchev–Trinajstić information content (AvgIpc) is 2.63. The maximum atomic E-state index is 12.6. The van der Waals surface area contributed by atoms with Gasteiger partial charge in [0, 0.05) is 30.1 Å². The average molecular weight is 368 g/mol. The third-order valence-electron chi connectivity index (χ3n) is 4.77. The first-order chi connectivity index (χ1) is 12.9. The van der Waals surface area contributed by atoms with Crippen LogP contribution >= 0.6 is 0 Å². The maximum Gasteiger partial charge on any atom is 0.335 e. The molecule has 0 saturated heterocycles. The third-order valence-corrected chi connectivity index (χ3v) is 4.77. The van der Waals surface area contributed by atoms with Gasteiger partial charge in [0.1, 0.15) is 11.9 Å². The van der Waals surface area contributed by atoms with Gasteiger partial charge in [0.15, 0.2) is 0 Å². The van der Waals surface area contributed by atoms with Crippen molar-refractivity contribution in [3.8, 4) is 5.75 Å². The Hall–Kier alpha value is -3.02. The largest absolute Gasteiger partial charge is 0.486 e. The number of nitrogens with two attached hydrogens (primary N) is 1. The molecule has 3 rings (SSSR count). The van der Waals surface area contributed by atoms with Crippen LogP contribution in [0.4, 0.5) is 11.4 Å². The number of benzene rings is 2. The van der Waals surface area contributed by atoms with Crippen molar-refractivity contribution in [1.29, 1.82) is 0 Å². The molecule has 2 aromatic carbocycles. The molecule has 6 nitrogen and oxygen atoms in total. The van der Waals surface area contributed by atoms with Crippen LogP contribution < -0.4 is 15.4 Å². The minimum atomic E-state index is -1.01. The molecule has 1 heterocycles. The fourth-order valence-corrected chi connectivity index (χ4v) is 3.48. The Balaban J connectivity index is 2.01. The first-order valence-electron chi connectivity index (χ1n) is 9.12. The summed E-state index contributed by atoms with van der Waals surface area (Å²) >= 11 is 0. The maximum absolute atomic E-state index is 12.6. The molecule has 2 atom stereocenters. The van der Waals surface area contributed by atoms with E-state index in [1.54, 1.807) is 41.3 Å². The van der Waals surface area contributed by atoms with Gasteiger partial charge in [0.25, 0.3) is 0 Å². The molecular weight excluding hydrogens is 344 g/mol. The number of hydrogen-bond donors (Lipinski definition) is 2. The van der Waals surface area contributed by atoms with Crippen molar-refractivity contribution in [1.82, 2.24) is 0 Å². The van der Waals surface area contributed by atoms with E-state index in [4.69, 9.17) is 10.5 Å². The molecule has 0 saturated carbocycles. The fourth-order valence-electron chi connectivity index (χ4n) is 3.48. The van der Waals surface area contributed by atoms with E-state index in [1.165, 1.54) is 6.07 Å². The van der Waals surface area contributed by atoms with Crippen molar-refractivity contribution in [2.45, 2.75) is 45.3 Å². The van der Waals surface area contributed by atoms with Gasteiger partial charge in [-0.2, -0.15) is 0 Å². The number of nitrogen functional groups attached to an aromatic ring is 1. The summed E-state index contributed by atoms with van der Waals surface area (Å²) in [6.07, 6.45) is 1.45. The highest BCUT2D eigenvalue weighted by molar-refractivity contribution is 5.96. The minimum absolute atomic E-state index is 0.0419. The highest BCUT2D eigenvalue weighted by atomic mass is 16.5. The quantitative estimate of drug-likeness (QED) is 0.778. The molecule has 142 valence electrons. The minimum Gasteiger partial charge on any atom is -0.486 e. The Kier molecular flexibility index (Phi) is 5.35. The van der Waals surface area contributed by atoms with Gasteiger partial charge in [0.2, 0.25) is 5.91 Å². The number of carboxylic acid groups (broad SMARTS) is 1. The first kappa shape index (κ1) is 18.8. The molecular formula is C21H24N2O4. The van der Waals surface area contributed by atoms with E-state index in [0.29, 0.717) is 29.8 Å². The Morgan fingerprint density at radius 1 is 1.22 bits per heavy atom. The topological polar surface area (TPSA) is 92.9 Å². The number of nitrogens with zero attached hydrogens (tertiary/aromatic N) is 1. The van der Waals surface area contributed by atoms with Crippen LogP contribution in [0.15, 0.2) is 42.5 Å². The zero-order chi connectivity index (χ0) is 19.6. The predicted octanol–water partition coefficient (Wildman–Crippen LogP) is 4.01. The van der Waals surface area contributed by atoms with Crippen molar-refractivity contribution >= 4 is 23.3 Å². The van der Waals surface area contributed by atoms with Crippen molar-refractivity contribution in [2.24, 2.45) is 0 Å². The van der Waals surface area contributed by atoms with E-state index in [-0.39, 0.29) is 23.6 Å². The predicted molar refractivity (Wildman–Crippen MR) is 104 cm³/mol. The fraction of sp³-hybridized carbons (Fsp3) is 0.333. The van der Waals surface area contributed by atoms with Gasteiger partial charge < -0.3 is 20.5 Å². The van der Waals surface area contributed by atoms with Crippen molar-refractivity contribution in [3.05, 3.63) is 53.6 Å². The van der Waals surface area contributed by atoms with Gasteiger partial charge >= 0.3 is 5.97 Å². The number of ether oxygens (including phenoxy) is 1. The van der Waals surface area contributed by atoms with Gasteiger partial charge in [-0.3, -0.25) is 4.79 Å². The normalized spacial score (nSPS) is 18.7. The number of hydrogen-bond acceptors (Lipinski definition) is 4. The van der Waals surface area contributed by atoms with Crippen LogP contribution in [0.5, 0.6) is 5.75 Å². The number of rotatable bonds is 5. The molecule has 27 heavy (non-hydrogen) atoms. The van der Waals surface area contributed by atoms with Crippen molar-refractivity contribution < 1.29 is 19.4 Å². The summed E-state index contributed by atoms with van der Waals surface area (Å²) in [5, 5.41) is 9.37. The van der Waals surface area contributed by atoms with E-state index in [2.05, 4.69) is 0 Å². The van der Waals surface area contributed by atoms with Crippen LogP contribution in [0.25, 0.3) is 0 Å². The third kappa shape index (κ3) is 3.89. The second-order valence-electron chi connectivity index (χ2n) is 6.85. The molecule has 1 amide bonds. The zero-order valence-corrected chi connectivity index (χ0v) is 15.5. The standard InChI is InChI=1S/C21H24N2O4/c1-3-4-20(24)23-13(2)11-19(27-16-8-6-15(22)7-9-16)17-12-14(21(25)26)5-10-18(17)23/h5-10,12-13,19H,3-4,11,22H2,1-2H3,(H,25,26)/t13-,19-/m0/s1. The zero-order valence-electron chi connectivity index (χ0n) is 15.5. The van der Waals surface area contributed by atoms with E-state index < -0.39 is 5.97 Å². The molecule has 0 aliphatic carbocycles. The van der Waals surface area contributed by atoms with Gasteiger partial charge in [0.05, 0.1) is 11.3 Å². The highest BCUT2D eigenvalue weighted by Gasteiger charge is 2.35. The second kappa shape index (κ2) is 7.70. The Labute approximate surface area is 158 Å². The molecule has 0 radical (unpaired) electrons. The number of carbonyl (C=O) groups excluding carboxylic acids is 1. The lowest BCUT2D eigenvalue weighted by Crippen LogP contribution is -2.44. The molecule has 0 bridgehead atoms. The van der Waals surface area contributed by atoms with E-state index in [9.17, 15) is 14.7 Å². The summed E-state index contributed by atoms with van der Waals surface area (Å²) < 4.78 is 6.14. The Bertz CT molecular complexity index is 848. The molecule has 0 aromatic heterocycles. The van der Waals surface area contributed by atoms with E-state index in [1.807, 2.05) is 13.8 Å². The molecule has 0 spiro atoms. The van der Waals surface area contributed by atoms with Gasteiger partial charge in [-0.1, -0.05) is 6.92 Å². The first-order valence-corrected chi connectivity index (χ1v) is 9.12. The van der Waals surface area contributed by atoms with Gasteiger partial charge in [-0.05, 0) is 55.8 Å². The van der Waals surface area contributed by atoms with Crippen molar-refractivity contribution in [2.75, 3.05) is 10.6 Å². The van der Waals surface area contributed by atoms with Crippen LogP contribution in [-0.4, -0.2) is 23.0 Å². The van der Waals surface area contributed by atoms with E-state index in [0.717, 1.165) is 12.1 Å². The van der Waals surface area contributed by atoms with Crippen molar-refractivity contribution in [3.63, 3.8) is 0 Å². The number of anilines is 2. The van der Waals surface area contributed by atoms with Crippen LogP contribution in [0, 0.1) is 0 Å². The van der Waals surface area contributed by atoms with Crippen LogP contribution in [0.2, 0.25) is 0 Å². The molecule has 2 aromatic rings. The number of carbonyl (C=O) groups is 2. The summed E-state index contributed by atoms with van der Waals surface area (Å²) in [6.45, 7) is 3.95. The number of fused-ring (bicyclic) bond motifs is 1. The Morgan fingerprint density at radius 3 is 2.56 bits per heavy atom. The summed E-state index contributed by atoms with van der Waals surface area (Å²) in [6, 6.07) is 11.9. The summed E-state index contributed by atoms with van der Waals surface area (Å²) in [5.74, 6) is -0.309. The smallest absolute Gasteiger partial charge is 0.335 e. The van der Waals surface area contributed by atoms with Crippen LogP contribution in [0.3, 0.4) is 0 Å². The molecule has 6 heteroatoms. The van der Waals surface area contributed by atoms with Crippen LogP contribution in [-0.2, 0) is 4.79 Å². The molecule has 1 aliphatic rings. The summed E-state index contributed by atoms with van der Waals surface area (Å²) in [7, 11) is 0. The lowest BCUT2D eigenvalue weighted by atomic mass is 9.91. The number of aromatic carboxylic acids is 1. The Morgan fingerprint density at radius 2 is 1.93 bits per heavy atom. The molecule has 3 N–H and O–H groups in total. The second-order valence-corrected chi connectivity index (χ2v) is 6.85. The number of carboxylic acids is 1. The van der Waals surface area contributed by atoms with Crippen LogP contribution in [0.1, 0.15) is 55.1 Å². The highest BCUT2D eigenvalue weighted by Crippen LogP contribution is 2.40. The summed E-state index contributed by atoms with van der Waals surface area (Å²) in [5.41, 5.74) is 7.98. The van der Waals surface area contributed by atoms with Gasteiger partial charge in [-0.15, -0.1) is 0 Å².